The van der Waals surface area contributed by atoms with Crippen molar-refractivity contribution in [1.29, 1.82) is 0 Å². The third kappa shape index (κ3) is 3.78. The Balaban J connectivity index is 1.67. The fourth-order valence-electron chi connectivity index (χ4n) is 2.79. The van der Waals surface area contributed by atoms with Gasteiger partial charge in [-0.15, -0.1) is 0 Å². The van der Waals surface area contributed by atoms with Crippen LogP contribution >= 0.6 is 0 Å². The molecule has 0 spiro atoms. The molecular formula is C17H17F4N3O. The van der Waals surface area contributed by atoms with Crippen LogP contribution < -0.4 is 14.5 Å². The average molecular weight is 355 g/mol. The van der Waals surface area contributed by atoms with E-state index < -0.39 is 17.6 Å². The molecule has 2 aromatic rings. The highest BCUT2D eigenvalue weighted by Gasteiger charge is 2.32. The molecule has 8 heteroatoms. The van der Waals surface area contributed by atoms with E-state index in [1.54, 1.807) is 12.0 Å². The van der Waals surface area contributed by atoms with E-state index in [0.29, 0.717) is 38.4 Å². The lowest BCUT2D eigenvalue weighted by Gasteiger charge is -2.36. The molecule has 0 amide bonds. The zero-order valence-electron chi connectivity index (χ0n) is 13.6. The van der Waals surface area contributed by atoms with Gasteiger partial charge in [-0.2, -0.15) is 13.2 Å². The Labute approximate surface area is 142 Å². The van der Waals surface area contributed by atoms with Crippen molar-refractivity contribution in [2.75, 3.05) is 43.1 Å². The summed E-state index contributed by atoms with van der Waals surface area (Å²) in [5.74, 6) is -0.228. The van der Waals surface area contributed by atoms with Crippen molar-refractivity contribution in [2.24, 2.45) is 0 Å². The summed E-state index contributed by atoms with van der Waals surface area (Å²) in [7, 11) is 1.60. The lowest BCUT2D eigenvalue weighted by Crippen LogP contribution is -2.47. The monoisotopic (exact) mass is 355 g/mol. The van der Waals surface area contributed by atoms with E-state index in [2.05, 4.69) is 9.88 Å². The Morgan fingerprint density at radius 1 is 1.00 bits per heavy atom. The lowest BCUT2D eigenvalue weighted by atomic mass is 10.2. The van der Waals surface area contributed by atoms with E-state index in [1.807, 2.05) is 24.3 Å². The van der Waals surface area contributed by atoms with Gasteiger partial charge in [0.15, 0.2) is 11.6 Å². The molecule has 2 heterocycles. The van der Waals surface area contributed by atoms with Gasteiger partial charge < -0.3 is 14.5 Å². The maximum atomic E-state index is 14.0. The number of ether oxygens (including phenoxy) is 1. The number of anilines is 2. The normalized spacial score (nSPS) is 15.4. The van der Waals surface area contributed by atoms with Crippen molar-refractivity contribution in [3.8, 4) is 5.75 Å². The Morgan fingerprint density at radius 2 is 1.60 bits per heavy atom. The van der Waals surface area contributed by atoms with Gasteiger partial charge in [-0.1, -0.05) is 0 Å². The molecule has 1 fully saturated rings. The Hall–Kier alpha value is -2.51. The highest BCUT2D eigenvalue weighted by atomic mass is 19.4. The number of aromatic nitrogens is 1. The number of hydrogen-bond acceptors (Lipinski definition) is 4. The summed E-state index contributed by atoms with van der Waals surface area (Å²) in [6, 6.07) is 8.09. The van der Waals surface area contributed by atoms with Gasteiger partial charge in [0.2, 0.25) is 0 Å². The van der Waals surface area contributed by atoms with Crippen LogP contribution in [0.3, 0.4) is 0 Å². The fraction of sp³-hybridized carbons (Fsp3) is 0.353. The molecule has 0 aliphatic carbocycles. The number of rotatable bonds is 3. The lowest BCUT2D eigenvalue weighted by molar-refractivity contribution is -0.138. The van der Waals surface area contributed by atoms with E-state index in [4.69, 9.17) is 4.74 Å². The Bertz CT molecular complexity index is 726. The van der Waals surface area contributed by atoms with E-state index in [1.165, 1.54) is 0 Å². The Kier molecular flexibility index (Phi) is 4.69. The first-order chi connectivity index (χ1) is 11.9. The van der Waals surface area contributed by atoms with Crippen molar-refractivity contribution in [1.82, 2.24) is 4.98 Å². The molecule has 0 unspecified atom stereocenters. The van der Waals surface area contributed by atoms with Gasteiger partial charge >= 0.3 is 6.18 Å². The van der Waals surface area contributed by atoms with Crippen molar-refractivity contribution >= 4 is 11.5 Å². The van der Waals surface area contributed by atoms with Crippen LogP contribution in [-0.4, -0.2) is 38.3 Å². The van der Waals surface area contributed by atoms with Gasteiger partial charge in [-0.05, 0) is 30.3 Å². The number of methoxy groups -OCH3 is 1. The van der Waals surface area contributed by atoms with Crippen molar-refractivity contribution < 1.29 is 22.3 Å². The van der Waals surface area contributed by atoms with Gasteiger partial charge in [0.05, 0.1) is 12.7 Å². The molecule has 1 aliphatic rings. The molecule has 3 rings (SSSR count). The minimum atomic E-state index is -4.60. The molecular weight excluding hydrogens is 338 g/mol. The topological polar surface area (TPSA) is 28.6 Å². The summed E-state index contributed by atoms with van der Waals surface area (Å²) in [5, 5.41) is 0. The SMILES string of the molecule is COc1ccc(N2CCN(c3ncc(C(F)(F)F)cc3F)CC2)cc1. The first kappa shape index (κ1) is 17.3. The minimum absolute atomic E-state index is 0.0395. The van der Waals surface area contributed by atoms with Gasteiger partial charge in [0.25, 0.3) is 0 Å². The van der Waals surface area contributed by atoms with Crippen molar-refractivity contribution in [3.05, 3.63) is 47.9 Å². The predicted octanol–water partition coefficient (Wildman–Crippen LogP) is 3.57. The second-order valence-corrected chi connectivity index (χ2v) is 5.70. The first-order valence-corrected chi connectivity index (χ1v) is 7.75. The third-order valence-corrected chi connectivity index (χ3v) is 4.17. The van der Waals surface area contributed by atoms with Crippen LogP contribution in [0.4, 0.5) is 29.1 Å². The minimum Gasteiger partial charge on any atom is -0.497 e. The van der Waals surface area contributed by atoms with Gasteiger partial charge in [0.1, 0.15) is 5.75 Å². The van der Waals surface area contributed by atoms with Crippen LogP contribution in [0.2, 0.25) is 0 Å². The van der Waals surface area contributed by atoms with Crippen molar-refractivity contribution in [2.45, 2.75) is 6.18 Å². The van der Waals surface area contributed by atoms with Crippen LogP contribution in [0, 0.1) is 5.82 Å². The quantitative estimate of drug-likeness (QED) is 0.787. The van der Waals surface area contributed by atoms with Gasteiger partial charge in [-0.25, -0.2) is 9.37 Å². The largest absolute Gasteiger partial charge is 0.497 e. The van der Waals surface area contributed by atoms with Crippen molar-refractivity contribution in [3.63, 3.8) is 0 Å². The summed E-state index contributed by atoms with van der Waals surface area (Å²) >= 11 is 0. The van der Waals surface area contributed by atoms with E-state index in [9.17, 15) is 17.6 Å². The summed E-state index contributed by atoms with van der Waals surface area (Å²) in [6.07, 6.45) is -3.92. The Morgan fingerprint density at radius 3 is 2.12 bits per heavy atom. The maximum absolute atomic E-state index is 14.0. The summed E-state index contributed by atoms with van der Waals surface area (Å²) in [6.45, 7) is 2.19. The number of halogens is 4. The molecule has 0 saturated carbocycles. The summed E-state index contributed by atoms with van der Waals surface area (Å²) in [4.78, 5) is 7.47. The van der Waals surface area contributed by atoms with Crippen LogP contribution in [0.15, 0.2) is 36.5 Å². The second kappa shape index (κ2) is 6.78. The smallest absolute Gasteiger partial charge is 0.417 e. The summed E-state index contributed by atoms with van der Waals surface area (Å²) < 4.78 is 57.0. The predicted molar refractivity (Wildman–Crippen MR) is 86.6 cm³/mol. The number of benzene rings is 1. The van der Waals surface area contributed by atoms with Crippen LogP contribution in [0.25, 0.3) is 0 Å². The highest BCUT2D eigenvalue weighted by Crippen LogP contribution is 2.31. The number of alkyl halides is 3. The number of pyridine rings is 1. The number of nitrogens with zero attached hydrogens (tertiary/aromatic N) is 3. The van der Waals surface area contributed by atoms with Crippen LogP contribution in [-0.2, 0) is 6.18 Å². The molecule has 0 atom stereocenters. The van der Waals surface area contributed by atoms with E-state index >= 15 is 0 Å². The molecule has 1 aliphatic heterocycles. The second-order valence-electron chi connectivity index (χ2n) is 5.70. The zero-order chi connectivity index (χ0) is 18.0. The average Bonchev–Trinajstić information content (AvgIpc) is 2.61. The molecule has 25 heavy (non-hydrogen) atoms. The molecule has 134 valence electrons. The maximum Gasteiger partial charge on any atom is 0.417 e. The first-order valence-electron chi connectivity index (χ1n) is 7.75. The van der Waals surface area contributed by atoms with Crippen LogP contribution in [0.5, 0.6) is 5.75 Å². The van der Waals surface area contributed by atoms with Gasteiger partial charge in [-0.3, -0.25) is 0 Å². The standard InChI is InChI=1S/C17H17F4N3O/c1-25-14-4-2-13(3-5-14)23-6-8-24(9-7-23)16-15(18)10-12(11-22-16)17(19,20)21/h2-5,10-11H,6-9H2,1H3. The highest BCUT2D eigenvalue weighted by molar-refractivity contribution is 5.51. The van der Waals surface area contributed by atoms with E-state index in [-0.39, 0.29) is 5.82 Å². The number of piperazine rings is 1. The van der Waals surface area contributed by atoms with Gasteiger partial charge in [0, 0.05) is 38.1 Å². The summed E-state index contributed by atoms with van der Waals surface area (Å²) in [5.41, 5.74) is -0.0630. The van der Waals surface area contributed by atoms with E-state index in [0.717, 1.165) is 11.4 Å². The molecule has 0 bridgehead atoms. The molecule has 1 saturated heterocycles. The van der Waals surface area contributed by atoms with Crippen LogP contribution in [0.1, 0.15) is 5.56 Å². The zero-order valence-corrected chi connectivity index (χ0v) is 13.6. The molecule has 1 aromatic heterocycles. The third-order valence-electron chi connectivity index (χ3n) is 4.17. The molecule has 0 radical (unpaired) electrons. The molecule has 1 aromatic carbocycles. The molecule has 0 N–H and O–H groups in total. The fourth-order valence-corrected chi connectivity index (χ4v) is 2.79. The number of hydrogen-bond donors (Lipinski definition) is 0. The molecule has 4 nitrogen and oxygen atoms in total.